The highest BCUT2D eigenvalue weighted by Gasteiger charge is 2.18. The van der Waals surface area contributed by atoms with Crippen LogP contribution in [-0.2, 0) is 9.53 Å². The Kier molecular flexibility index (Phi) is 7.85. The summed E-state index contributed by atoms with van der Waals surface area (Å²) in [5.41, 5.74) is 2.25. The van der Waals surface area contributed by atoms with Crippen molar-refractivity contribution in [2.45, 2.75) is 17.4 Å². The Hall–Kier alpha value is -3.04. The minimum atomic E-state index is -0.927. The van der Waals surface area contributed by atoms with Crippen molar-refractivity contribution in [2.24, 2.45) is 0 Å². The third-order valence-electron chi connectivity index (χ3n) is 3.66. The zero-order valence-corrected chi connectivity index (χ0v) is 15.7. The lowest BCUT2D eigenvalue weighted by molar-refractivity contribution is -0.124. The molecule has 0 fully saturated rings. The van der Waals surface area contributed by atoms with Gasteiger partial charge in [0.25, 0.3) is 5.91 Å². The molecule has 0 bridgehead atoms. The van der Waals surface area contributed by atoms with E-state index < -0.39 is 29.7 Å². The van der Waals surface area contributed by atoms with Crippen molar-refractivity contribution >= 4 is 29.4 Å². The van der Waals surface area contributed by atoms with Crippen LogP contribution in [0.25, 0.3) is 0 Å². The van der Waals surface area contributed by atoms with E-state index in [1.807, 2.05) is 18.4 Å². The molecule has 0 heterocycles. The third-order valence-corrected chi connectivity index (χ3v) is 4.40. The number of anilines is 1. The monoisotopic (exact) mass is 406 g/mol. The number of carbonyl (C=O) groups excluding carboxylic acids is 2. The first-order chi connectivity index (χ1) is 13.4. The Labute approximate surface area is 165 Å². The predicted molar refractivity (Wildman–Crippen MR) is 103 cm³/mol. The van der Waals surface area contributed by atoms with Gasteiger partial charge in [0.15, 0.2) is 11.6 Å². The molecule has 4 N–H and O–H groups in total. The van der Waals surface area contributed by atoms with E-state index in [-0.39, 0.29) is 12.0 Å². The molecule has 9 heteroatoms. The molecule has 0 saturated carbocycles. The molecule has 2 amide bonds. The summed E-state index contributed by atoms with van der Waals surface area (Å²) >= 11 is 1.56. The number of thioether (sulfide) groups is 1. The Morgan fingerprint density at radius 2 is 1.96 bits per heavy atom. The van der Waals surface area contributed by atoms with Gasteiger partial charge in [0, 0.05) is 23.1 Å². The summed E-state index contributed by atoms with van der Waals surface area (Å²) in [6.07, 6.45) is 2.69. The van der Waals surface area contributed by atoms with Crippen molar-refractivity contribution in [3.63, 3.8) is 0 Å². The van der Waals surface area contributed by atoms with Gasteiger partial charge in [0.1, 0.15) is 6.10 Å². The SMILES string of the molecule is CSc1ccc(NC(=O)O[C@H](C/C=C/C(=O)NO)c2ccc(O)c(F)c2)cc1. The fourth-order valence-corrected chi connectivity index (χ4v) is 2.67. The number of halogens is 1. The van der Waals surface area contributed by atoms with Gasteiger partial charge in [0.05, 0.1) is 0 Å². The average Bonchev–Trinajstić information content (AvgIpc) is 2.69. The summed E-state index contributed by atoms with van der Waals surface area (Å²) in [4.78, 5) is 24.3. The minimum Gasteiger partial charge on any atom is -0.505 e. The van der Waals surface area contributed by atoms with E-state index in [1.165, 1.54) is 17.6 Å². The summed E-state index contributed by atoms with van der Waals surface area (Å²) in [7, 11) is 0. The Morgan fingerprint density at radius 3 is 2.57 bits per heavy atom. The highest BCUT2D eigenvalue weighted by atomic mass is 32.2. The van der Waals surface area contributed by atoms with Crippen LogP contribution in [0, 0.1) is 5.82 Å². The van der Waals surface area contributed by atoms with Gasteiger partial charge in [-0.3, -0.25) is 15.3 Å². The van der Waals surface area contributed by atoms with Gasteiger partial charge in [-0.1, -0.05) is 12.1 Å². The first kappa shape index (κ1) is 21.3. The van der Waals surface area contributed by atoms with Gasteiger partial charge < -0.3 is 9.84 Å². The molecule has 1 atom stereocenters. The number of nitrogens with one attached hydrogen (secondary N) is 2. The largest absolute Gasteiger partial charge is 0.505 e. The summed E-state index contributed by atoms with van der Waals surface area (Å²) in [6.45, 7) is 0. The van der Waals surface area contributed by atoms with Crippen LogP contribution in [0.15, 0.2) is 59.5 Å². The molecule has 148 valence electrons. The molecule has 0 aromatic heterocycles. The van der Waals surface area contributed by atoms with Crippen LogP contribution in [-0.4, -0.2) is 28.6 Å². The van der Waals surface area contributed by atoms with E-state index in [9.17, 15) is 19.1 Å². The van der Waals surface area contributed by atoms with Crippen molar-refractivity contribution in [3.8, 4) is 5.75 Å². The van der Waals surface area contributed by atoms with Gasteiger partial charge in [0.2, 0.25) is 0 Å². The van der Waals surface area contributed by atoms with Crippen LogP contribution in [0.4, 0.5) is 14.9 Å². The number of benzene rings is 2. The number of hydrogen-bond donors (Lipinski definition) is 4. The summed E-state index contributed by atoms with van der Waals surface area (Å²) < 4.78 is 19.0. The van der Waals surface area contributed by atoms with Gasteiger partial charge >= 0.3 is 6.09 Å². The third kappa shape index (κ3) is 6.29. The molecule has 0 saturated heterocycles. The number of ether oxygens (including phenoxy) is 1. The van der Waals surface area contributed by atoms with E-state index >= 15 is 0 Å². The molecule has 0 radical (unpaired) electrons. The van der Waals surface area contributed by atoms with E-state index in [1.54, 1.807) is 23.9 Å². The smallest absolute Gasteiger partial charge is 0.412 e. The van der Waals surface area contributed by atoms with Gasteiger partial charge in [-0.25, -0.2) is 14.7 Å². The minimum absolute atomic E-state index is 0.0382. The van der Waals surface area contributed by atoms with Crippen molar-refractivity contribution in [2.75, 3.05) is 11.6 Å². The topological polar surface area (TPSA) is 108 Å². The predicted octanol–water partition coefficient (Wildman–Crippen LogP) is 3.99. The van der Waals surface area contributed by atoms with E-state index in [4.69, 9.17) is 9.94 Å². The maximum atomic E-state index is 13.7. The van der Waals surface area contributed by atoms with Gasteiger partial charge in [-0.2, -0.15) is 0 Å². The second-order valence-corrected chi connectivity index (χ2v) is 6.45. The first-order valence-electron chi connectivity index (χ1n) is 8.13. The van der Waals surface area contributed by atoms with E-state index in [2.05, 4.69) is 5.32 Å². The highest BCUT2D eigenvalue weighted by Crippen LogP contribution is 2.27. The zero-order valence-electron chi connectivity index (χ0n) is 14.9. The molecular formula is C19H19FN2O5S. The number of hydroxylamine groups is 1. The fourth-order valence-electron chi connectivity index (χ4n) is 2.26. The maximum absolute atomic E-state index is 13.7. The summed E-state index contributed by atoms with van der Waals surface area (Å²) in [5, 5.41) is 20.4. The van der Waals surface area contributed by atoms with Gasteiger partial charge in [-0.15, -0.1) is 11.8 Å². The lowest BCUT2D eigenvalue weighted by Crippen LogP contribution is -2.18. The van der Waals surface area contributed by atoms with Crippen LogP contribution in [0.1, 0.15) is 18.1 Å². The average molecular weight is 406 g/mol. The molecular weight excluding hydrogens is 387 g/mol. The summed E-state index contributed by atoms with van der Waals surface area (Å²) in [5.74, 6) is -2.15. The molecule has 7 nitrogen and oxygen atoms in total. The van der Waals surface area contributed by atoms with E-state index in [0.717, 1.165) is 23.1 Å². The highest BCUT2D eigenvalue weighted by molar-refractivity contribution is 7.98. The van der Waals surface area contributed by atoms with Crippen LogP contribution >= 0.6 is 11.8 Å². The molecule has 0 spiro atoms. The van der Waals surface area contributed by atoms with Gasteiger partial charge in [-0.05, 0) is 48.2 Å². The maximum Gasteiger partial charge on any atom is 0.412 e. The molecule has 0 aliphatic carbocycles. The lowest BCUT2D eigenvalue weighted by atomic mass is 10.1. The van der Waals surface area contributed by atoms with Crippen LogP contribution in [0.5, 0.6) is 5.75 Å². The Balaban J connectivity index is 2.12. The number of phenolic OH excluding ortho intramolecular Hbond substituents is 1. The normalized spacial score (nSPS) is 11.8. The number of rotatable bonds is 7. The van der Waals surface area contributed by atoms with E-state index in [0.29, 0.717) is 5.69 Å². The molecule has 0 aliphatic heterocycles. The standard InChI is InChI=1S/C19H19FN2O5S/c1-28-14-8-6-13(7-9-14)21-19(25)27-17(3-2-4-18(24)22-26)12-5-10-16(23)15(20)11-12/h2,4-11,17,23,26H,3H2,1H3,(H,21,25)(H,22,24)/b4-2+/t17-/m1/s1. The number of amides is 2. The van der Waals surface area contributed by atoms with Crippen LogP contribution in [0.2, 0.25) is 0 Å². The molecule has 2 aromatic rings. The van der Waals surface area contributed by atoms with Crippen LogP contribution in [0.3, 0.4) is 0 Å². The second-order valence-electron chi connectivity index (χ2n) is 5.57. The molecule has 28 heavy (non-hydrogen) atoms. The second kappa shape index (κ2) is 10.3. The quantitative estimate of drug-likeness (QED) is 0.240. The molecule has 0 aliphatic rings. The molecule has 0 unspecified atom stereocenters. The number of hydrogen-bond acceptors (Lipinski definition) is 6. The molecule has 2 aromatic carbocycles. The van der Waals surface area contributed by atoms with Crippen molar-refractivity contribution in [3.05, 3.63) is 66.0 Å². The Bertz CT molecular complexity index is 858. The lowest BCUT2D eigenvalue weighted by Gasteiger charge is -2.18. The van der Waals surface area contributed by atoms with Crippen molar-refractivity contribution < 1.29 is 29.0 Å². The first-order valence-corrected chi connectivity index (χ1v) is 9.36. The van der Waals surface area contributed by atoms with Crippen molar-refractivity contribution in [1.29, 1.82) is 0 Å². The molecule has 2 rings (SSSR count). The Morgan fingerprint density at radius 1 is 1.25 bits per heavy atom. The van der Waals surface area contributed by atoms with Crippen molar-refractivity contribution in [1.82, 2.24) is 5.48 Å². The van der Waals surface area contributed by atoms with Crippen LogP contribution < -0.4 is 10.8 Å². The number of carbonyl (C=O) groups is 2. The summed E-state index contributed by atoms with van der Waals surface area (Å²) in [6, 6.07) is 10.7. The number of aromatic hydroxyl groups is 1. The zero-order chi connectivity index (χ0) is 20.5. The fraction of sp³-hybridized carbons (Fsp3) is 0.158. The number of phenols is 1.